The maximum atomic E-state index is 12.1. The van der Waals surface area contributed by atoms with Crippen molar-refractivity contribution >= 4 is 33.9 Å². The van der Waals surface area contributed by atoms with Crippen molar-refractivity contribution in [1.29, 1.82) is 0 Å². The first kappa shape index (κ1) is 19.0. The van der Waals surface area contributed by atoms with Crippen LogP contribution in [-0.4, -0.2) is 46.6 Å². The third-order valence-electron chi connectivity index (χ3n) is 4.32. The van der Waals surface area contributed by atoms with Crippen LogP contribution in [0.15, 0.2) is 17.6 Å². The Morgan fingerprint density at radius 3 is 2.81 bits per heavy atom. The molecule has 3 rings (SSSR count). The minimum atomic E-state index is -0.705. The van der Waals surface area contributed by atoms with Gasteiger partial charge in [-0.2, -0.15) is 0 Å². The van der Waals surface area contributed by atoms with Gasteiger partial charge in [0.05, 0.1) is 17.2 Å². The molecular weight excluding hydrogens is 370 g/mol. The van der Waals surface area contributed by atoms with Crippen LogP contribution in [0.3, 0.4) is 0 Å². The fourth-order valence-corrected chi connectivity index (χ4v) is 3.82. The number of rotatable bonds is 6. The van der Waals surface area contributed by atoms with E-state index in [2.05, 4.69) is 15.3 Å². The summed E-state index contributed by atoms with van der Waals surface area (Å²) in [6.45, 7) is 4.96. The van der Waals surface area contributed by atoms with Crippen LogP contribution in [-0.2, 0) is 4.74 Å². The van der Waals surface area contributed by atoms with Crippen LogP contribution in [0.1, 0.15) is 35.8 Å². The fraction of sp³-hybridized carbons (Fsp3) is 0.471. The molecule has 144 valence electrons. The highest BCUT2D eigenvalue weighted by Crippen LogP contribution is 2.32. The number of nitro groups is 1. The van der Waals surface area contributed by atoms with Crippen LogP contribution >= 0.6 is 11.3 Å². The van der Waals surface area contributed by atoms with Gasteiger partial charge in [0.1, 0.15) is 5.56 Å². The van der Waals surface area contributed by atoms with Crippen molar-refractivity contribution in [2.75, 3.05) is 29.9 Å². The Bertz CT molecular complexity index is 832. The van der Waals surface area contributed by atoms with E-state index in [0.29, 0.717) is 13.1 Å². The summed E-state index contributed by atoms with van der Waals surface area (Å²) < 4.78 is 4.94. The lowest BCUT2D eigenvalue weighted by Gasteiger charge is -2.32. The Morgan fingerprint density at radius 1 is 1.48 bits per heavy atom. The van der Waals surface area contributed by atoms with Crippen LogP contribution in [0.2, 0.25) is 0 Å². The van der Waals surface area contributed by atoms with Crippen molar-refractivity contribution in [1.82, 2.24) is 9.97 Å². The Labute approximate surface area is 160 Å². The second-order valence-electron chi connectivity index (χ2n) is 6.21. The summed E-state index contributed by atoms with van der Waals surface area (Å²) in [4.78, 5) is 33.6. The number of nitrogens with one attached hydrogen (secondary N) is 1. The van der Waals surface area contributed by atoms with E-state index in [-0.39, 0.29) is 29.7 Å². The Kier molecular flexibility index (Phi) is 5.84. The minimum Gasteiger partial charge on any atom is -0.462 e. The summed E-state index contributed by atoms with van der Waals surface area (Å²) in [5.74, 6) is -0.488. The van der Waals surface area contributed by atoms with E-state index in [1.54, 1.807) is 18.3 Å². The van der Waals surface area contributed by atoms with E-state index in [1.807, 2.05) is 17.2 Å². The zero-order valence-corrected chi connectivity index (χ0v) is 16.0. The monoisotopic (exact) mass is 391 g/mol. The molecule has 10 heteroatoms. The van der Waals surface area contributed by atoms with Gasteiger partial charge in [0.25, 0.3) is 0 Å². The van der Waals surface area contributed by atoms with Crippen molar-refractivity contribution in [3.63, 3.8) is 0 Å². The molecule has 27 heavy (non-hydrogen) atoms. The first-order chi connectivity index (χ1) is 13.0. The quantitative estimate of drug-likeness (QED) is 0.454. The van der Waals surface area contributed by atoms with E-state index in [1.165, 1.54) is 12.3 Å². The SMILES string of the molecule is CCOC(=O)c1ccnc(N2CCC(Nc3nc(C)cs3)CC2)c1[N+](=O)[O-]. The van der Waals surface area contributed by atoms with E-state index in [0.717, 1.165) is 23.7 Å². The molecule has 1 fully saturated rings. The van der Waals surface area contributed by atoms with Gasteiger partial charge in [-0.1, -0.05) is 0 Å². The average Bonchev–Trinajstić information content (AvgIpc) is 3.06. The summed E-state index contributed by atoms with van der Waals surface area (Å²) >= 11 is 1.57. The third-order valence-corrected chi connectivity index (χ3v) is 5.22. The number of piperidine rings is 1. The molecule has 1 saturated heterocycles. The summed E-state index contributed by atoms with van der Waals surface area (Å²) in [6, 6.07) is 1.58. The van der Waals surface area contributed by atoms with Gasteiger partial charge in [0, 0.05) is 30.7 Å². The van der Waals surface area contributed by atoms with E-state index >= 15 is 0 Å². The number of pyridine rings is 1. The molecule has 0 aliphatic carbocycles. The van der Waals surface area contributed by atoms with Crippen LogP contribution in [0.5, 0.6) is 0 Å². The lowest BCUT2D eigenvalue weighted by molar-refractivity contribution is -0.384. The van der Waals surface area contributed by atoms with Crippen LogP contribution < -0.4 is 10.2 Å². The molecule has 0 spiro atoms. The molecular formula is C17H21N5O4S. The third kappa shape index (κ3) is 4.33. The molecule has 0 radical (unpaired) electrons. The zero-order valence-electron chi connectivity index (χ0n) is 15.2. The maximum Gasteiger partial charge on any atom is 0.345 e. The summed E-state index contributed by atoms with van der Waals surface area (Å²) in [5.41, 5.74) is 0.624. The first-order valence-corrected chi connectivity index (χ1v) is 9.61. The number of ether oxygens (including phenoxy) is 1. The standard InChI is InChI=1S/C17H21N5O4S/c1-3-26-16(23)13-4-7-18-15(14(13)22(24)25)21-8-5-12(6-9-21)20-17-19-11(2)10-27-17/h4,7,10,12H,3,5-6,8-9H2,1-2H3,(H,19,20). The smallest absolute Gasteiger partial charge is 0.345 e. The van der Waals surface area contributed by atoms with Crippen molar-refractivity contribution in [3.05, 3.63) is 39.0 Å². The lowest BCUT2D eigenvalue weighted by Crippen LogP contribution is -2.40. The number of aryl methyl sites for hydroxylation is 1. The van der Waals surface area contributed by atoms with E-state index in [9.17, 15) is 14.9 Å². The molecule has 0 unspecified atom stereocenters. The second-order valence-corrected chi connectivity index (χ2v) is 7.07. The Balaban J connectivity index is 1.74. The van der Waals surface area contributed by atoms with Crippen LogP contribution in [0.4, 0.5) is 16.6 Å². The molecule has 2 aromatic heterocycles. The van der Waals surface area contributed by atoms with Gasteiger partial charge in [0.15, 0.2) is 5.13 Å². The topological polar surface area (TPSA) is 110 Å². The molecule has 1 aliphatic heterocycles. The molecule has 0 atom stereocenters. The zero-order chi connectivity index (χ0) is 19.4. The van der Waals surface area contributed by atoms with Crippen molar-refractivity contribution in [2.45, 2.75) is 32.7 Å². The highest BCUT2D eigenvalue weighted by Gasteiger charge is 2.31. The predicted octanol–water partition coefficient (Wildman–Crippen LogP) is 3.01. The van der Waals surface area contributed by atoms with Gasteiger partial charge < -0.3 is 15.0 Å². The van der Waals surface area contributed by atoms with Gasteiger partial charge in [-0.05, 0) is 32.8 Å². The van der Waals surface area contributed by atoms with E-state index < -0.39 is 10.9 Å². The fourth-order valence-electron chi connectivity index (χ4n) is 3.06. The van der Waals surface area contributed by atoms with Crippen molar-refractivity contribution in [3.8, 4) is 0 Å². The average molecular weight is 391 g/mol. The molecule has 9 nitrogen and oxygen atoms in total. The Hall–Kier alpha value is -2.75. The largest absolute Gasteiger partial charge is 0.462 e. The minimum absolute atomic E-state index is 0.0645. The predicted molar refractivity (Wildman–Crippen MR) is 103 cm³/mol. The Morgan fingerprint density at radius 2 is 2.22 bits per heavy atom. The van der Waals surface area contributed by atoms with Gasteiger partial charge in [-0.15, -0.1) is 11.3 Å². The number of carbonyl (C=O) groups is 1. The van der Waals surface area contributed by atoms with Crippen molar-refractivity contribution < 1.29 is 14.5 Å². The normalized spacial score (nSPS) is 14.8. The van der Waals surface area contributed by atoms with Crippen LogP contribution in [0, 0.1) is 17.0 Å². The number of aromatic nitrogens is 2. The number of carbonyl (C=O) groups excluding carboxylic acids is 1. The highest BCUT2D eigenvalue weighted by molar-refractivity contribution is 7.13. The van der Waals surface area contributed by atoms with Gasteiger partial charge in [-0.3, -0.25) is 10.1 Å². The number of hydrogen-bond donors (Lipinski definition) is 1. The summed E-state index contributed by atoms with van der Waals surface area (Å²) in [7, 11) is 0. The molecule has 3 heterocycles. The van der Waals surface area contributed by atoms with E-state index in [4.69, 9.17) is 4.74 Å². The molecule has 2 aromatic rings. The molecule has 0 aromatic carbocycles. The molecule has 0 saturated carbocycles. The van der Waals surface area contributed by atoms with Gasteiger partial charge in [0.2, 0.25) is 5.82 Å². The molecule has 1 N–H and O–H groups in total. The second kappa shape index (κ2) is 8.30. The molecule has 0 amide bonds. The summed E-state index contributed by atoms with van der Waals surface area (Å²) in [5, 5.41) is 17.9. The number of thiazole rings is 1. The number of esters is 1. The highest BCUT2D eigenvalue weighted by atomic mass is 32.1. The van der Waals surface area contributed by atoms with Crippen molar-refractivity contribution in [2.24, 2.45) is 0 Å². The number of hydrogen-bond acceptors (Lipinski definition) is 9. The number of nitrogens with zero attached hydrogens (tertiary/aromatic N) is 4. The maximum absolute atomic E-state index is 12.1. The van der Waals surface area contributed by atoms with Gasteiger partial charge in [-0.25, -0.2) is 14.8 Å². The van der Waals surface area contributed by atoms with Crippen LogP contribution in [0.25, 0.3) is 0 Å². The summed E-state index contributed by atoms with van der Waals surface area (Å²) in [6.07, 6.45) is 3.00. The number of anilines is 2. The molecule has 1 aliphatic rings. The lowest BCUT2D eigenvalue weighted by atomic mass is 10.0. The molecule has 0 bridgehead atoms. The first-order valence-electron chi connectivity index (χ1n) is 8.73. The van der Waals surface area contributed by atoms with Gasteiger partial charge >= 0.3 is 11.7 Å².